The van der Waals surface area contributed by atoms with Gasteiger partial charge < -0.3 is 16.4 Å². The second-order valence-electron chi connectivity index (χ2n) is 2.15. The van der Waals surface area contributed by atoms with Gasteiger partial charge in [0.15, 0.2) is 0 Å². The second kappa shape index (κ2) is 10.3. The number of nitrogens with one attached hydrogen (secondary N) is 3. The highest BCUT2D eigenvalue weighted by atomic mass is 16.5. The van der Waals surface area contributed by atoms with Crippen LogP contribution in [0, 0.1) is 0 Å². The summed E-state index contributed by atoms with van der Waals surface area (Å²) in [5.41, 5.74) is 6.95. The highest BCUT2D eigenvalue weighted by Crippen LogP contribution is 1.58. The first-order valence-corrected chi connectivity index (χ1v) is 3.94. The molecule has 6 nitrogen and oxygen atoms in total. The highest BCUT2D eigenvalue weighted by molar-refractivity contribution is 5.58. The standard InChI is InChI=1S/C6H17N5O/c7-1-2-8-3-4-9-5-6-10-11-12/h6,8-9,11-12H,1-5,7H2. The molecule has 6 N–H and O–H groups in total. The molecule has 0 aromatic rings. The average Bonchev–Trinajstić information content (AvgIpc) is 2.10. The first-order chi connectivity index (χ1) is 5.91. The number of hydrogen-bond acceptors (Lipinski definition) is 6. The minimum atomic E-state index is 0.637. The van der Waals surface area contributed by atoms with Gasteiger partial charge >= 0.3 is 0 Å². The predicted octanol–water partition coefficient (Wildman–Crippen LogP) is -1.91. The fraction of sp³-hybridized carbons (Fsp3) is 0.833. The molecular weight excluding hydrogens is 158 g/mol. The van der Waals surface area contributed by atoms with Gasteiger partial charge in [-0.1, -0.05) is 0 Å². The molecule has 0 aromatic heterocycles. The van der Waals surface area contributed by atoms with E-state index in [9.17, 15) is 0 Å². The molecule has 0 aromatic carbocycles. The Balaban J connectivity index is 2.86. The molecule has 0 radical (unpaired) electrons. The molecule has 0 spiro atoms. The van der Waals surface area contributed by atoms with Crippen LogP contribution in [-0.2, 0) is 0 Å². The number of hydrazone groups is 1. The monoisotopic (exact) mass is 175 g/mol. The molecular formula is C6H17N5O. The van der Waals surface area contributed by atoms with Crippen molar-refractivity contribution in [2.75, 3.05) is 32.7 Å². The zero-order valence-corrected chi connectivity index (χ0v) is 7.08. The molecule has 0 saturated heterocycles. The second-order valence-corrected chi connectivity index (χ2v) is 2.15. The summed E-state index contributed by atoms with van der Waals surface area (Å²) < 4.78 is 0. The molecule has 6 heteroatoms. The summed E-state index contributed by atoms with van der Waals surface area (Å²) in [6.07, 6.45) is 1.54. The lowest BCUT2D eigenvalue weighted by Gasteiger charge is -2.02. The zero-order valence-electron chi connectivity index (χ0n) is 7.08. The van der Waals surface area contributed by atoms with Crippen LogP contribution in [0.4, 0.5) is 0 Å². The minimum Gasteiger partial charge on any atom is -0.329 e. The lowest BCUT2D eigenvalue weighted by atomic mass is 10.5. The van der Waals surface area contributed by atoms with Gasteiger partial charge in [0, 0.05) is 38.9 Å². The SMILES string of the molecule is NCCNCCNCC=NNO. The molecule has 72 valence electrons. The van der Waals surface area contributed by atoms with Crippen LogP contribution < -0.4 is 22.0 Å². The molecule has 0 bridgehead atoms. The summed E-state index contributed by atoms with van der Waals surface area (Å²) in [6, 6.07) is 0. The smallest absolute Gasteiger partial charge is 0.0405 e. The van der Waals surface area contributed by atoms with Gasteiger partial charge in [-0.05, 0) is 0 Å². The minimum absolute atomic E-state index is 0.637. The van der Waals surface area contributed by atoms with E-state index in [0.29, 0.717) is 13.1 Å². The van der Waals surface area contributed by atoms with Gasteiger partial charge in [-0.3, -0.25) is 5.21 Å². The van der Waals surface area contributed by atoms with Gasteiger partial charge in [0.2, 0.25) is 0 Å². The predicted molar refractivity (Wildman–Crippen MR) is 48.2 cm³/mol. The van der Waals surface area contributed by atoms with Crippen LogP contribution in [0.5, 0.6) is 0 Å². The maximum absolute atomic E-state index is 8.04. The van der Waals surface area contributed by atoms with E-state index < -0.39 is 0 Å². The summed E-state index contributed by atoms with van der Waals surface area (Å²) in [5, 5.41) is 17.6. The third kappa shape index (κ3) is 9.31. The Labute approximate surface area is 72.2 Å². The Kier molecular flexibility index (Phi) is 9.72. The van der Waals surface area contributed by atoms with Crippen LogP contribution in [0.3, 0.4) is 0 Å². The summed E-state index contributed by atoms with van der Waals surface area (Å²) in [4.78, 5) is 0. The molecule has 0 amide bonds. The van der Waals surface area contributed by atoms with Crippen LogP contribution in [-0.4, -0.2) is 44.1 Å². The largest absolute Gasteiger partial charge is 0.329 e. The van der Waals surface area contributed by atoms with E-state index in [0.717, 1.165) is 19.6 Å². The van der Waals surface area contributed by atoms with Crippen molar-refractivity contribution in [3.63, 3.8) is 0 Å². The van der Waals surface area contributed by atoms with Gasteiger partial charge in [-0.25, -0.2) is 0 Å². The molecule has 12 heavy (non-hydrogen) atoms. The van der Waals surface area contributed by atoms with Crippen LogP contribution in [0.2, 0.25) is 0 Å². The normalized spacial score (nSPS) is 10.8. The fourth-order valence-corrected chi connectivity index (χ4v) is 0.657. The van der Waals surface area contributed by atoms with Crippen molar-refractivity contribution < 1.29 is 5.21 Å². The lowest BCUT2D eigenvalue weighted by molar-refractivity contribution is 0.172. The van der Waals surface area contributed by atoms with Gasteiger partial charge in [0.05, 0.1) is 0 Å². The molecule has 0 aliphatic carbocycles. The molecule has 0 heterocycles. The van der Waals surface area contributed by atoms with E-state index >= 15 is 0 Å². The molecule has 0 saturated carbocycles. The van der Waals surface area contributed by atoms with Crippen LogP contribution >= 0.6 is 0 Å². The average molecular weight is 175 g/mol. The van der Waals surface area contributed by atoms with E-state index in [1.165, 1.54) is 0 Å². The molecule has 0 rings (SSSR count). The van der Waals surface area contributed by atoms with Crippen LogP contribution in [0.1, 0.15) is 0 Å². The number of rotatable bonds is 8. The van der Waals surface area contributed by atoms with Crippen LogP contribution in [0.15, 0.2) is 5.10 Å². The summed E-state index contributed by atoms with van der Waals surface area (Å²) in [7, 11) is 0. The molecule has 0 atom stereocenters. The molecule has 0 aliphatic rings. The van der Waals surface area contributed by atoms with E-state index in [1.54, 1.807) is 11.8 Å². The first-order valence-electron chi connectivity index (χ1n) is 3.94. The molecule has 0 aliphatic heterocycles. The van der Waals surface area contributed by atoms with Gasteiger partial charge in [0.25, 0.3) is 0 Å². The van der Waals surface area contributed by atoms with Crippen LogP contribution in [0.25, 0.3) is 0 Å². The van der Waals surface area contributed by atoms with Crippen molar-refractivity contribution in [2.45, 2.75) is 0 Å². The Morgan fingerprint density at radius 3 is 2.67 bits per heavy atom. The van der Waals surface area contributed by atoms with Crippen molar-refractivity contribution in [1.29, 1.82) is 0 Å². The van der Waals surface area contributed by atoms with E-state index in [1.807, 2.05) is 0 Å². The van der Waals surface area contributed by atoms with Crippen molar-refractivity contribution >= 4 is 6.21 Å². The Morgan fingerprint density at radius 1 is 1.25 bits per heavy atom. The zero-order chi connectivity index (χ0) is 9.07. The number of nitrogens with two attached hydrogens (primary N) is 1. The fourth-order valence-electron chi connectivity index (χ4n) is 0.657. The quantitative estimate of drug-likeness (QED) is 0.168. The van der Waals surface area contributed by atoms with E-state index in [2.05, 4.69) is 15.7 Å². The maximum Gasteiger partial charge on any atom is 0.0405 e. The molecule has 0 fully saturated rings. The van der Waals surface area contributed by atoms with Crippen molar-refractivity contribution in [3.05, 3.63) is 0 Å². The van der Waals surface area contributed by atoms with Crippen molar-refractivity contribution in [3.8, 4) is 0 Å². The Morgan fingerprint density at radius 2 is 2.00 bits per heavy atom. The summed E-state index contributed by atoms with van der Waals surface area (Å²) in [6.45, 7) is 3.89. The third-order valence-corrected chi connectivity index (χ3v) is 1.18. The number of hydrogen-bond donors (Lipinski definition) is 5. The molecule has 0 unspecified atom stereocenters. The number of nitrogens with zero attached hydrogens (tertiary/aromatic N) is 1. The summed E-state index contributed by atoms with van der Waals surface area (Å²) in [5.74, 6) is 0. The van der Waals surface area contributed by atoms with Gasteiger partial charge in [-0.15, -0.1) is 0 Å². The third-order valence-electron chi connectivity index (χ3n) is 1.18. The Hall–Kier alpha value is -0.690. The van der Waals surface area contributed by atoms with Gasteiger partial charge in [-0.2, -0.15) is 10.7 Å². The van der Waals surface area contributed by atoms with Crippen molar-refractivity contribution in [2.24, 2.45) is 10.8 Å². The van der Waals surface area contributed by atoms with Crippen molar-refractivity contribution in [1.82, 2.24) is 16.2 Å². The van der Waals surface area contributed by atoms with Gasteiger partial charge in [0.1, 0.15) is 0 Å². The Bertz CT molecular complexity index is 108. The first kappa shape index (κ1) is 11.3. The lowest BCUT2D eigenvalue weighted by Crippen LogP contribution is -2.31. The maximum atomic E-state index is 8.04. The highest BCUT2D eigenvalue weighted by Gasteiger charge is 1.83. The van der Waals surface area contributed by atoms with E-state index in [-0.39, 0.29) is 0 Å². The topological polar surface area (TPSA) is 94.7 Å². The van der Waals surface area contributed by atoms with E-state index in [4.69, 9.17) is 10.9 Å². The summed E-state index contributed by atoms with van der Waals surface area (Å²) >= 11 is 0.